The van der Waals surface area contributed by atoms with E-state index in [1.807, 2.05) is 45.9 Å². The highest BCUT2D eigenvalue weighted by atomic mass is 16.2. The molecule has 1 N–H and O–H groups in total. The lowest BCUT2D eigenvalue weighted by Crippen LogP contribution is -2.43. The minimum atomic E-state index is -0.434. The van der Waals surface area contributed by atoms with Crippen molar-refractivity contribution in [3.05, 3.63) is 29.3 Å². The van der Waals surface area contributed by atoms with Crippen LogP contribution in [0.3, 0.4) is 0 Å². The monoisotopic (exact) mass is 288 g/mol. The summed E-state index contributed by atoms with van der Waals surface area (Å²) < 4.78 is 0. The molecule has 1 aromatic rings. The first-order valence-corrected chi connectivity index (χ1v) is 7.37. The van der Waals surface area contributed by atoms with Gasteiger partial charge in [-0.3, -0.25) is 9.59 Å². The fraction of sp³-hybridized carbons (Fsp3) is 0.529. The Morgan fingerprint density at radius 3 is 2.48 bits per heavy atom. The molecule has 4 heteroatoms. The third kappa shape index (κ3) is 3.43. The number of benzene rings is 1. The predicted octanol–water partition coefficient (Wildman–Crippen LogP) is 2.57. The van der Waals surface area contributed by atoms with Crippen LogP contribution < -0.4 is 10.2 Å². The third-order valence-electron chi connectivity index (χ3n) is 3.94. The van der Waals surface area contributed by atoms with Crippen LogP contribution in [-0.2, 0) is 9.59 Å². The Kier molecular flexibility index (Phi) is 4.08. The summed E-state index contributed by atoms with van der Waals surface area (Å²) in [4.78, 5) is 26.0. The molecule has 0 radical (unpaired) electrons. The van der Waals surface area contributed by atoms with Crippen molar-refractivity contribution in [2.24, 2.45) is 5.41 Å². The second-order valence-corrected chi connectivity index (χ2v) is 6.90. The van der Waals surface area contributed by atoms with E-state index in [-0.39, 0.29) is 17.9 Å². The molecule has 1 aliphatic heterocycles. The maximum Gasteiger partial charge on any atom is 0.229 e. The average molecular weight is 288 g/mol. The minimum absolute atomic E-state index is 0.0118. The molecular weight excluding hydrogens is 264 g/mol. The Hall–Kier alpha value is -1.84. The van der Waals surface area contributed by atoms with Crippen molar-refractivity contribution in [3.63, 3.8) is 0 Å². The molecule has 1 atom stereocenters. The number of aryl methyl sites for hydroxylation is 2. The molecule has 2 rings (SSSR count). The number of amides is 2. The Morgan fingerprint density at radius 1 is 1.24 bits per heavy atom. The molecule has 21 heavy (non-hydrogen) atoms. The Balaban J connectivity index is 2.09. The van der Waals surface area contributed by atoms with E-state index in [1.54, 1.807) is 4.90 Å². The van der Waals surface area contributed by atoms with E-state index in [0.717, 1.165) is 5.69 Å². The topological polar surface area (TPSA) is 49.4 Å². The molecule has 0 unspecified atom stereocenters. The lowest BCUT2D eigenvalue weighted by Gasteiger charge is -2.22. The third-order valence-corrected chi connectivity index (χ3v) is 3.94. The number of rotatable bonds is 2. The molecule has 1 aromatic carbocycles. The second-order valence-electron chi connectivity index (χ2n) is 6.90. The zero-order valence-corrected chi connectivity index (χ0v) is 13.5. The van der Waals surface area contributed by atoms with Crippen LogP contribution in [0.5, 0.6) is 0 Å². The van der Waals surface area contributed by atoms with Gasteiger partial charge in [-0.25, -0.2) is 0 Å². The normalized spacial score (nSPS) is 19.0. The molecule has 0 bridgehead atoms. The van der Waals surface area contributed by atoms with Gasteiger partial charge >= 0.3 is 0 Å². The van der Waals surface area contributed by atoms with Crippen molar-refractivity contribution in [1.82, 2.24) is 5.32 Å². The lowest BCUT2D eigenvalue weighted by atomic mass is 9.95. The first-order chi connectivity index (χ1) is 9.68. The number of hydrogen-bond donors (Lipinski definition) is 1. The number of carbonyl (C=O) groups is 2. The summed E-state index contributed by atoms with van der Waals surface area (Å²) in [6.45, 7) is 10.3. The van der Waals surface area contributed by atoms with Crippen molar-refractivity contribution in [2.75, 3.05) is 11.4 Å². The first kappa shape index (κ1) is 15.5. The number of nitrogens with zero attached hydrogens (tertiary/aromatic N) is 1. The molecule has 1 fully saturated rings. The van der Waals surface area contributed by atoms with Gasteiger partial charge in [0.15, 0.2) is 0 Å². The largest absolute Gasteiger partial charge is 0.351 e. The number of carbonyl (C=O) groups excluding carboxylic acids is 2. The van der Waals surface area contributed by atoms with E-state index in [0.29, 0.717) is 13.0 Å². The summed E-state index contributed by atoms with van der Waals surface area (Å²) in [5, 5.41) is 2.97. The summed E-state index contributed by atoms with van der Waals surface area (Å²) in [6, 6.07) is 5.92. The van der Waals surface area contributed by atoms with Crippen molar-refractivity contribution < 1.29 is 9.59 Å². The molecule has 0 aromatic heterocycles. The molecule has 0 aliphatic carbocycles. The van der Waals surface area contributed by atoms with Crippen LogP contribution in [0.2, 0.25) is 0 Å². The van der Waals surface area contributed by atoms with Gasteiger partial charge in [0.1, 0.15) is 0 Å². The van der Waals surface area contributed by atoms with E-state index < -0.39 is 5.41 Å². The zero-order chi connectivity index (χ0) is 15.8. The van der Waals surface area contributed by atoms with Crippen molar-refractivity contribution in [3.8, 4) is 0 Å². The molecule has 0 spiro atoms. The van der Waals surface area contributed by atoms with Crippen LogP contribution in [0.4, 0.5) is 5.69 Å². The van der Waals surface area contributed by atoms with Crippen molar-refractivity contribution in [1.29, 1.82) is 0 Å². The van der Waals surface area contributed by atoms with E-state index in [4.69, 9.17) is 0 Å². The Morgan fingerprint density at radius 2 is 1.90 bits per heavy atom. The van der Waals surface area contributed by atoms with Gasteiger partial charge < -0.3 is 10.2 Å². The molecule has 1 aliphatic rings. The molecule has 2 amide bonds. The number of hydrogen-bond acceptors (Lipinski definition) is 2. The SMILES string of the molecule is Cc1ccc(N2C[C@H](NC(=O)C(C)(C)C)CC2=O)cc1C. The Labute approximate surface area is 126 Å². The summed E-state index contributed by atoms with van der Waals surface area (Å²) >= 11 is 0. The molecule has 114 valence electrons. The number of anilines is 1. The van der Waals surface area contributed by atoms with Crippen LogP contribution in [-0.4, -0.2) is 24.4 Å². The standard InChI is InChI=1S/C17H24N2O2/c1-11-6-7-14(8-12(11)2)19-10-13(9-15(19)20)18-16(21)17(3,4)5/h6-8,13H,9-10H2,1-5H3,(H,18,21)/t13-/m1/s1. The molecule has 1 heterocycles. The summed E-state index contributed by atoms with van der Waals surface area (Å²) in [5.41, 5.74) is 2.86. The molecule has 1 saturated heterocycles. The van der Waals surface area contributed by atoms with Crippen LogP contribution >= 0.6 is 0 Å². The maximum atomic E-state index is 12.2. The summed E-state index contributed by atoms with van der Waals surface area (Å²) in [7, 11) is 0. The first-order valence-electron chi connectivity index (χ1n) is 7.37. The highest BCUT2D eigenvalue weighted by Crippen LogP contribution is 2.24. The zero-order valence-electron chi connectivity index (χ0n) is 13.5. The predicted molar refractivity (Wildman–Crippen MR) is 84.3 cm³/mol. The van der Waals surface area contributed by atoms with Gasteiger partial charge in [0.25, 0.3) is 0 Å². The molecular formula is C17H24N2O2. The molecule has 4 nitrogen and oxygen atoms in total. The summed E-state index contributed by atoms with van der Waals surface area (Å²) in [5.74, 6) is 0.0553. The van der Waals surface area contributed by atoms with Crippen LogP contribution in [0.15, 0.2) is 18.2 Å². The van der Waals surface area contributed by atoms with Gasteiger partial charge in [-0.1, -0.05) is 26.8 Å². The van der Waals surface area contributed by atoms with Gasteiger partial charge in [-0.15, -0.1) is 0 Å². The van der Waals surface area contributed by atoms with Gasteiger partial charge in [0, 0.05) is 24.1 Å². The van der Waals surface area contributed by atoms with Gasteiger partial charge in [0.2, 0.25) is 11.8 Å². The van der Waals surface area contributed by atoms with E-state index in [1.165, 1.54) is 11.1 Å². The van der Waals surface area contributed by atoms with Gasteiger partial charge in [-0.2, -0.15) is 0 Å². The van der Waals surface area contributed by atoms with Crippen molar-refractivity contribution >= 4 is 17.5 Å². The van der Waals surface area contributed by atoms with Crippen LogP contribution in [0, 0.1) is 19.3 Å². The quantitative estimate of drug-likeness (QED) is 0.909. The highest BCUT2D eigenvalue weighted by molar-refractivity contribution is 5.97. The minimum Gasteiger partial charge on any atom is -0.351 e. The van der Waals surface area contributed by atoms with Crippen LogP contribution in [0.1, 0.15) is 38.3 Å². The van der Waals surface area contributed by atoms with E-state index in [2.05, 4.69) is 12.2 Å². The second kappa shape index (κ2) is 5.51. The molecule has 0 saturated carbocycles. The smallest absolute Gasteiger partial charge is 0.229 e. The van der Waals surface area contributed by atoms with Crippen molar-refractivity contribution in [2.45, 2.75) is 47.1 Å². The highest BCUT2D eigenvalue weighted by Gasteiger charge is 2.33. The lowest BCUT2D eigenvalue weighted by molar-refractivity contribution is -0.129. The average Bonchev–Trinajstić information content (AvgIpc) is 2.72. The Bertz CT molecular complexity index is 573. The maximum absolute atomic E-state index is 12.2. The fourth-order valence-electron chi connectivity index (χ4n) is 2.35. The van der Waals surface area contributed by atoms with Gasteiger partial charge in [-0.05, 0) is 37.1 Å². The van der Waals surface area contributed by atoms with E-state index in [9.17, 15) is 9.59 Å². The summed E-state index contributed by atoms with van der Waals surface area (Å²) in [6.07, 6.45) is 0.370. The fourth-order valence-corrected chi connectivity index (χ4v) is 2.35. The van der Waals surface area contributed by atoms with Gasteiger partial charge in [0.05, 0.1) is 6.04 Å². The van der Waals surface area contributed by atoms with Crippen LogP contribution in [0.25, 0.3) is 0 Å². The number of nitrogens with one attached hydrogen (secondary N) is 1. The van der Waals surface area contributed by atoms with E-state index >= 15 is 0 Å².